The minimum atomic E-state index is -0.281. The molecule has 0 unspecified atom stereocenters. The Morgan fingerprint density at radius 3 is 2.47 bits per heavy atom. The van der Waals surface area contributed by atoms with Crippen LogP contribution in [0.5, 0.6) is 5.75 Å². The molecule has 0 saturated carbocycles. The van der Waals surface area contributed by atoms with Gasteiger partial charge < -0.3 is 14.5 Å². The second-order valence-corrected chi connectivity index (χ2v) is 9.00. The van der Waals surface area contributed by atoms with Gasteiger partial charge in [-0.05, 0) is 46.0 Å². The fraction of sp³-hybridized carbons (Fsp3) is 0.346. The summed E-state index contributed by atoms with van der Waals surface area (Å²) in [4.78, 5) is 30.2. The molecule has 1 N–H and O–H groups in total. The van der Waals surface area contributed by atoms with Crippen LogP contribution < -0.4 is 15.3 Å². The number of imidazole rings is 1. The number of hydrogen-bond acceptors (Lipinski definition) is 6. The first kappa shape index (κ1) is 22.2. The van der Waals surface area contributed by atoms with Crippen LogP contribution in [0.3, 0.4) is 0 Å². The summed E-state index contributed by atoms with van der Waals surface area (Å²) < 4.78 is 7.26. The molecule has 2 aromatic carbocycles. The van der Waals surface area contributed by atoms with E-state index >= 15 is 0 Å². The zero-order chi connectivity index (χ0) is 23.8. The van der Waals surface area contributed by atoms with Gasteiger partial charge in [-0.2, -0.15) is 0 Å². The third kappa shape index (κ3) is 3.94. The molecule has 0 aliphatic carbocycles. The number of nitrogens with zero attached hydrogens (tertiary/aromatic N) is 5. The molecule has 8 heteroatoms. The van der Waals surface area contributed by atoms with Crippen molar-refractivity contribution >= 4 is 11.3 Å². The Hall–Kier alpha value is -3.65. The quantitative estimate of drug-likeness (QED) is 0.492. The van der Waals surface area contributed by atoms with Gasteiger partial charge in [0, 0.05) is 36.4 Å². The van der Waals surface area contributed by atoms with Crippen LogP contribution in [0.1, 0.15) is 18.5 Å². The zero-order valence-corrected chi connectivity index (χ0v) is 20.1. The fourth-order valence-corrected chi connectivity index (χ4v) is 4.76. The van der Waals surface area contributed by atoms with Crippen molar-refractivity contribution in [1.82, 2.24) is 24.3 Å². The largest absolute Gasteiger partial charge is 0.496 e. The van der Waals surface area contributed by atoms with Crippen LogP contribution in [0.25, 0.3) is 28.4 Å². The Bertz CT molecular complexity index is 1370. The smallest absolute Gasteiger partial charge is 0.334 e. The first-order chi connectivity index (χ1) is 16.5. The van der Waals surface area contributed by atoms with Gasteiger partial charge in [0.05, 0.1) is 18.4 Å². The molecule has 0 spiro atoms. The minimum Gasteiger partial charge on any atom is -0.496 e. The summed E-state index contributed by atoms with van der Waals surface area (Å²) in [6.07, 6.45) is 2.26. The maximum Gasteiger partial charge on any atom is 0.334 e. The van der Waals surface area contributed by atoms with Gasteiger partial charge in [0.2, 0.25) is 0 Å². The van der Waals surface area contributed by atoms with E-state index in [9.17, 15) is 4.79 Å². The van der Waals surface area contributed by atoms with Crippen molar-refractivity contribution in [3.8, 4) is 28.5 Å². The number of methoxy groups -OCH3 is 1. The highest BCUT2D eigenvalue weighted by Crippen LogP contribution is 2.33. The SMILES string of the molecule is COc1cc(N2CCC(N(C)C)CC2)ccc1-c1nc2c(C)nc(-c3ccccc3)n2c(=O)[nH]1. The summed E-state index contributed by atoms with van der Waals surface area (Å²) in [5.41, 5.74) is 3.69. The lowest BCUT2D eigenvalue weighted by molar-refractivity contribution is 0.249. The molecule has 8 nitrogen and oxygen atoms in total. The van der Waals surface area contributed by atoms with Crippen molar-refractivity contribution in [3.05, 3.63) is 64.7 Å². The maximum absolute atomic E-state index is 13.2. The molecule has 1 fully saturated rings. The summed E-state index contributed by atoms with van der Waals surface area (Å²) in [5, 5.41) is 0. The van der Waals surface area contributed by atoms with Gasteiger partial charge in [-0.25, -0.2) is 19.2 Å². The van der Waals surface area contributed by atoms with Crippen molar-refractivity contribution in [2.75, 3.05) is 39.2 Å². The van der Waals surface area contributed by atoms with Crippen LogP contribution in [0.4, 0.5) is 5.69 Å². The number of aryl methyl sites for hydroxylation is 1. The predicted octanol–water partition coefficient (Wildman–Crippen LogP) is 3.60. The molecule has 1 aliphatic rings. The number of ether oxygens (including phenoxy) is 1. The third-order valence-electron chi connectivity index (χ3n) is 6.70. The Balaban J connectivity index is 1.51. The van der Waals surface area contributed by atoms with Crippen LogP contribution >= 0.6 is 0 Å². The van der Waals surface area contributed by atoms with Crippen molar-refractivity contribution in [3.63, 3.8) is 0 Å². The number of benzene rings is 2. The molecule has 0 bridgehead atoms. The van der Waals surface area contributed by atoms with Gasteiger partial charge in [0.25, 0.3) is 0 Å². The van der Waals surface area contributed by atoms with Gasteiger partial charge in [-0.15, -0.1) is 0 Å². The van der Waals surface area contributed by atoms with E-state index in [4.69, 9.17) is 9.72 Å². The molecular weight excluding hydrogens is 428 g/mol. The predicted molar refractivity (Wildman–Crippen MR) is 135 cm³/mol. The van der Waals surface area contributed by atoms with E-state index in [1.165, 1.54) is 4.40 Å². The molecular formula is C26H30N6O2. The van der Waals surface area contributed by atoms with E-state index in [1.807, 2.05) is 49.4 Å². The van der Waals surface area contributed by atoms with Gasteiger partial charge in [0.15, 0.2) is 5.65 Å². The number of rotatable bonds is 5. The highest BCUT2D eigenvalue weighted by atomic mass is 16.5. The summed E-state index contributed by atoms with van der Waals surface area (Å²) in [6.45, 7) is 3.88. The molecule has 0 amide bonds. The van der Waals surface area contributed by atoms with E-state index in [0.29, 0.717) is 34.8 Å². The number of aromatic amines is 1. The first-order valence-electron chi connectivity index (χ1n) is 11.6. The molecule has 176 valence electrons. The van der Waals surface area contributed by atoms with Crippen LogP contribution in [-0.2, 0) is 0 Å². The number of anilines is 1. The summed E-state index contributed by atoms with van der Waals surface area (Å²) in [6, 6.07) is 16.4. The molecule has 3 heterocycles. The van der Waals surface area contributed by atoms with Crippen LogP contribution in [0.2, 0.25) is 0 Å². The second-order valence-electron chi connectivity index (χ2n) is 9.00. The standard InChI is InChI=1S/C26H30N6O2/c1-17-24-28-23(29-26(33)32(24)25(27-17)18-8-6-5-7-9-18)21-11-10-20(16-22(21)34-4)31-14-12-19(13-15-31)30(2)3/h5-11,16,19H,12-15H2,1-4H3,(H,28,29,33). The van der Waals surface area contributed by atoms with E-state index in [2.05, 4.69) is 39.9 Å². The van der Waals surface area contributed by atoms with Crippen molar-refractivity contribution in [2.24, 2.45) is 0 Å². The number of H-pyrrole nitrogens is 1. The van der Waals surface area contributed by atoms with E-state index in [-0.39, 0.29) is 5.69 Å². The first-order valence-corrected chi connectivity index (χ1v) is 11.6. The molecule has 1 saturated heterocycles. The molecule has 2 aromatic heterocycles. The zero-order valence-electron chi connectivity index (χ0n) is 20.1. The molecule has 4 aromatic rings. The molecule has 5 rings (SSSR count). The molecule has 0 radical (unpaired) electrons. The lowest BCUT2D eigenvalue weighted by atomic mass is 10.0. The van der Waals surface area contributed by atoms with Gasteiger partial charge >= 0.3 is 5.69 Å². The lowest BCUT2D eigenvalue weighted by Gasteiger charge is -2.36. The monoisotopic (exact) mass is 458 g/mol. The van der Waals surface area contributed by atoms with Crippen LogP contribution in [-0.4, -0.2) is 64.6 Å². The highest BCUT2D eigenvalue weighted by Gasteiger charge is 2.22. The molecule has 34 heavy (non-hydrogen) atoms. The average Bonchev–Trinajstić information content (AvgIpc) is 3.21. The van der Waals surface area contributed by atoms with E-state index < -0.39 is 0 Å². The number of aromatic nitrogens is 4. The van der Waals surface area contributed by atoms with Crippen molar-refractivity contribution in [1.29, 1.82) is 0 Å². The number of fused-ring (bicyclic) bond motifs is 1. The second kappa shape index (κ2) is 8.95. The Morgan fingerprint density at radius 2 is 1.79 bits per heavy atom. The number of hydrogen-bond donors (Lipinski definition) is 1. The summed E-state index contributed by atoms with van der Waals surface area (Å²) in [5.74, 6) is 1.73. The maximum atomic E-state index is 13.2. The highest BCUT2D eigenvalue weighted by molar-refractivity contribution is 5.71. The summed E-state index contributed by atoms with van der Waals surface area (Å²) >= 11 is 0. The Morgan fingerprint density at radius 1 is 1.06 bits per heavy atom. The van der Waals surface area contributed by atoms with Crippen LogP contribution in [0.15, 0.2) is 53.3 Å². The molecule has 1 aliphatic heterocycles. The van der Waals surface area contributed by atoms with E-state index in [1.54, 1.807) is 7.11 Å². The minimum absolute atomic E-state index is 0.281. The fourth-order valence-electron chi connectivity index (χ4n) is 4.76. The van der Waals surface area contributed by atoms with Crippen molar-refractivity contribution in [2.45, 2.75) is 25.8 Å². The van der Waals surface area contributed by atoms with Crippen molar-refractivity contribution < 1.29 is 4.74 Å². The Labute approximate surface area is 198 Å². The number of nitrogens with one attached hydrogen (secondary N) is 1. The van der Waals surface area contributed by atoms with Gasteiger partial charge in [-0.1, -0.05) is 30.3 Å². The van der Waals surface area contributed by atoms with Gasteiger partial charge in [0.1, 0.15) is 17.4 Å². The third-order valence-corrected chi connectivity index (χ3v) is 6.70. The topological polar surface area (TPSA) is 78.8 Å². The van der Waals surface area contributed by atoms with Gasteiger partial charge in [-0.3, -0.25) is 4.98 Å². The molecule has 0 atom stereocenters. The lowest BCUT2D eigenvalue weighted by Crippen LogP contribution is -2.41. The normalized spacial score (nSPS) is 14.8. The van der Waals surface area contributed by atoms with E-state index in [0.717, 1.165) is 42.7 Å². The summed E-state index contributed by atoms with van der Waals surface area (Å²) in [7, 11) is 5.94. The number of piperidine rings is 1. The Kier molecular flexibility index (Phi) is 5.83. The average molecular weight is 459 g/mol. The van der Waals surface area contributed by atoms with Crippen LogP contribution in [0, 0.1) is 6.92 Å².